The molecule has 2 N–H and O–H groups in total. The average molecular weight is 444 g/mol. The van der Waals surface area contributed by atoms with Crippen molar-refractivity contribution in [3.05, 3.63) is 20.8 Å². The number of thiophene rings is 1. The Hall–Kier alpha value is 0.180. The molecule has 1 aliphatic carbocycles. The van der Waals surface area contributed by atoms with Crippen molar-refractivity contribution in [3.8, 4) is 0 Å². The lowest BCUT2D eigenvalue weighted by atomic mass is 10.2. The van der Waals surface area contributed by atoms with Gasteiger partial charge in [0.2, 0.25) is 0 Å². The minimum Gasteiger partial charge on any atom is -0.354 e. The summed E-state index contributed by atoms with van der Waals surface area (Å²) in [5, 5.41) is 8.98. The van der Waals surface area contributed by atoms with Gasteiger partial charge in [-0.2, -0.15) is 0 Å². The van der Waals surface area contributed by atoms with Crippen LogP contribution in [0.25, 0.3) is 0 Å². The second kappa shape index (κ2) is 8.37. The monoisotopic (exact) mass is 443 g/mol. The molecule has 2 rings (SSSR count). The second-order valence-corrected chi connectivity index (χ2v) is 6.60. The van der Waals surface area contributed by atoms with Gasteiger partial charge in [-0.25, -0.2) is 0 Å². The average Bonchev–Trinajstić information content (AvgIpc) is 2.96. The first-order valence-corrected chi connectivity index (χ1v) is 7.65. The summed E-state index contributed by atoms with van der Waals surface area (Å²) in [7, 11) is 1.83. The highest BCUT2D eigenvalue weighted by Crippen LogP contribution is 2.20. The normalized spacial score (nSPS) is 16.4. The summed E-state index contributed by atoms with van der Waals surface area (Å²) < 4.78 is 1.17. The number of hydrogen-bond donors (Lipinski definition) is 2. The Balaban J connectivity index is 0.00000162. The van der Waals surface area contributed by atoms with Crippen LogP contribution in [-0.4, -0.2) is 19.0 Å². The van der Waals surface area contributed by atoms with Crippen molar-refractivity contribution in [2.45, 2.75) is 38.3 Å². The molecule has 0 unspecified atom stereocenters. The fourth-order valence-corrected chi connectivity index (χ4v) is 3.29. The predicted molar refractivity (Wildman–Crippen MR) is 93.0 cm³/mol. The zero-order valence-corrected chi connectivity index (χ0v) is 15.1. The molecule has 0 aromatic carbocycles. The maximum Gasteiger partial charge on any atom is 0.191 e. The van der Waals surface area contributed by atoms with Gasteiger partial charge in [0.25, 0.3) is 0 Å². The number of guanidine groups is 1. The first-order valence-electron chi connectivity index (χ1n) is 5.98. The third-order valence-electron chi connectivity index (χ3n) is 3.00. The summed E-state index contributed by atoms with van der Waals surface area (Å²) in [5.41, 5.74) is 1.29. The summed E-state index contributed by atoms with van der Waals surface area (Å²) in [6.07, 6.45) is 5.22. The van der Waals surface area contributed by atoms with Crippen molar-refractivity contribution >= 4 is 57.2 Å². The smallest absolute Gasteiger partial charge is 0.191 e. The molecule has 0 aliphatic heterocycles. The number of aliphatic imine (C=N–C) groups is 1. The van der Waals surface area contributed by atoms with Crippen molar-refractivity contribution in [1.29, 1.82) is 0 Å². The molecule has 1 aliphatic rings. The maximum absolute atomic E-state index is 4.26. The lowest BCUT2D eigenvalue weighted by Crippen LogP contribution is -2.41. The summed E-state index contributed by atoms with van der Waals surface area (Å²) in [5.74, 6) is 0.916. The Bertz CT molecular complexity index is 388. The van der Waals surface area contributed by atoms with Gasteiger partial charge >= 0.3 is 0 Å². The first-order chi connectivity index (χ1) is 8.28. The summed E-state index contributed by atoms with van der Waals surface area (Å²) >= 11 is 5.19. The van der Waals surface area contributed by atoms with Crippen LogP contribution in [0.2, 0.25) is 0 Å². The van der Waals surface area contributed by atoms with E-state index in [9.17, 15) is 0 Å². The highest BCUT2D eigenvalue weighted by molar-refractivity contribution is 14.0. The molecule has 1 heterocycles. The van der Waals surface area contributed by atoms with Gasteiger partial charge in [-0.3, -0.25) is 4.99 Å². The van der Waals surface area contributed by atoms with Gasteiger partial charge in [-0.05, 0) is 45.8 Å². The van der Waals surface area contributed by atoms with Crippen LogP contribution in [0, 0.1) is 0 Å². The zero-order valence-electron chi connectivity index (χ0n) is 10.4. The fraction of sp³-hybridized carbons (Fsp3) is 0.583. The fourth-order valence-electron chi connectivity index (χ4n) is 2.08. The molecule has 0 spiro atoms. The Kier molecular flexibility index (Phi) is 7.55. The third kappa shape index (κ3) is 5.05. The second-order valence-electron chi connectivity index (χ2n) is 4.31. The van der Waals surface area contributed by atoms with Gasteiger partial charge in [0.05, 0.1) is 3.79 Å². The Morgan fingerprint density at radius 2 is 2.22 bits per heavy atom. The van der Waals surface area contributed by atoms with Crippen molar-refractivity contribution in [1.82, 2.24) is 10.6 Å². The predicted octanol–water partition coefficient (Wildman–Crippen LogP) is 3.74. The van der Waals surface area contributed by atoms with E-state index in [1.54, 1.807) is 11.3 Å². The van der Waals surface area contributed by atoms with Gasteiger partial charge < -0.3 is 10.6 Å². The maximum atomic E-state index is 4.26. The van der Waals surface area contributed by atoms with E-state index in [1.807, 2.05) is 7.05 Å². The van der Waals surface area contributed by atoms with Gasteiger partial charge in [-0.15, -0.1) is 35.3 Å². The van der Waals surface area contributed by atoms with Crippen LogP contribution in [0.5, 0.6) is 0 Å². The molecule has 3 nitrogen and oxygen atoms in total. The van der Waals surface area contributed by atoms with Gasteiger partial charge in [0, 0.05) is 19.6 Å². The van der Waals surface area contributed by atoms with E-state index in [4.69, 9.17) is 0 Å². The van der Waals surface area contributed by atoms with Crippen molar-refractivity contribution in [3.63, 3.8) is 0 Å². The SMILES string of the molecule is CN=C(NCc1csc(Br)c1)NC1CCCC1.I. The molecule has 1 saturated carbocycles. The van der Waals surface area contributed by atoms with E-state index in [1.165, 1.54) is 35.0 Å². The van der Waals surface area contributed by atoms with E-state index in [-0.39, 0.29) is 24.0 Å². The standard InChI is InChI=1S/C12H18BrN3S.HI/c1-14-12(16-10-4-2-3-5-10)15-7-9-6-11(13)17-8-9;/h6,8,10H,2-5,7H2,1H3,(H2,14,15,16);1H. The number of nitrogens with zero attached hydrogens (tertiary/aromatic N) is 1. The van der Waals surface area contributed by atoms with Crippen LogP contribution < -0.4 is 10.6 Å². The Labute approximate surface area is 138 Å². The van der Waals surface area contributed by atoms with Crippen LogP contribution >= 0.6 is 51.2 Å². The molecule has 0 radical (unpaired) electrons. The summed E-state index contributed by atoms with van der Waals surface area (Å²) in [6.45, 7) is 0.828. The molecule has 1 aromatic heterocycles. The number of rotatable bonds is 3. The summed E-state index contributed by atoms with van der Waals surface area (Å²) in [4.78, 5) is 4.26. The van der Waals surface area contributed by atoms with Crippen LogP contribution in [0.15, 0.2) is 20.2 Å². The lowest BCUT2D eigenvalue weighted by molar-refractivity contribution is 0.613. The van der Waals surface area contributed by atoms with Crippen LogP contribution in [-0.2, 0) is 6.54 Å². The number of nitrogens with one attached hydrogen (secondary N) is 2. The van der Waals surface area contributed by atoms with Crippen LogP contribution in [0.1, 0.15) is 31.2 Å². The molecule has 0 amide bonds. The molecule has 1 fully saturated rings. The minimum absolute atomic E-state index is 0. The molecule has 0 saturated heterocycles. The molecule has 1 aromatic rings. The topological polar surface area (TPSA) is 36.4 Å². The molecule has 102 valence electrons. The first kappa shape index (κ1) is 16.2. The van der Waals surface area contributed by atoms with E-state index in [2.05, 4.69) is 43.0 Å². The van der Waals surface area contributed by atoms with Crippen LogP contribution in [0.3, 0.4) is 0 Å². The number of halogens is 2. The van der Waals surface area contributed by atoms with E-state index in [0.717, 1.165) is 12.5 Å². The molecular weight excluding hydrogens is 425 g/mol. The van der Waals surface area contributed by atoms with E-state index in [0.29, 0.717) is 6.04 Å². The molecule has 6 heteroatoms. The molecule has 0 bridgehead atoms. The largest absolute Gasteiger partial charge is 0.354 e. The highest BCUT2D eigenvalue weighted by atomic mass is 127. The van der Waals surface area contributed by atoms with Gasteiger partial charge in [0.15, 0.2) is 5.96 Å². The minimum atomic E-state index is 0. The van der Waals surface area contributed by atoms with E-state index >= 15 is 0 Å². The molecule has 0 atom stereocenters. The Morgan fingerprint density at radius 3 is 2.78 bits per heavy atom. The highest BCUT2D eigenvalue weighted by Gasteiger charge is 2.15. The Morgan fingerprint density at radius 1 is 1.50 bits per heavy atom. The van der Waals surface area contributed by atoms with Gasteiger partial charge in [0.1, 0.15) is 0 Å². The van der Waals surface area contributed by atoms with Crippen molar-refractivity contribution in [2.75, 3.05) is 7.05 Å². The van der Waals surface area contributed by atoms with Crippen molar-refractivity contribution in [2.24, 2.45) is 4.99 Å². The summed E-state index contributed by atoms with van der Waals surface area (Å²) in [6, 6.07) is 2.75. The third-order valence-corrected chi connectivity index (χ3v) is 4.55. The quantitative estimate of drug-likeness (QED) is 0.424. The molecular formula is C12H19BrIN3S. The molecule has 18 heavy (non-hydrogen) atoms. The zero-order chi connectivity index (χ0) is 12.1. The van der Waals surface area contributed by atoms with E-state index < -0.39 is 0 Å². The lowest BCUT2D eigenvalue weighted by Gasteiger charge is -2.16. The van der Waals surface area contributed by atoms with Crippen LogP contribution in [0.4, 0.5) is 0 Å². The van der Waals surface area contributed by atoms with Crippen molar-refractivity contribution < 1.29 is 0 Å². The number of hydrogen-bond acceptors (Lipinski definition) is 2. The van der Waals surface area contributed by atoms with Gasteiger partial charge in [-0.1, -0.05) is 12.8 Å².